The van der Waals surface area contributed by atoms with Crippen molar-refractivity contribution >= 4 is 17.5 Å². The molecule has 2 rings (SSSR count). The predicted octanol–water partition coefficient (Wildman–Crippen LogP) is 3.85. The van der Waals surface area contributed by atoms with Crippen LogP contribution in [0.2, 0.25) is 0 Å². The van der Waals surface area contributed by atoms with Gasteiger partial charge in [0.2, 0.25) is 0 Å². The minimum Gasteiger partial charge on any atom is -0.294 e. The lowest BCUT2D eigenvalue weighted by atomic mass is 10.2. The Morgan fingerprint density at radius 1 is 1.05 bits per heavy atom. The molecule has 0 saturated carbocycles. The zero-order chi connectivity index (χ0) is 14.8. The first-order chi connectivity index (χ1) is 9.36. The topological polar surface area (TPSA) is 42.9 Å². The van der Waals surface area contributed by atoms with Gasteiger partial charge in [-0.1, -0.05) is 11.8 Å². The van der Waals surface area contributed by atoms with Crippen LogP contribution >= 0.6 is 11.8 Å². The molecule has 0 amide bonds. The fourth-order valence-electron chi connectivity index (χ4n) is 1.36. The average molecular weight is 298 g/mol. The van der Waals surface area contributed by atoms with Crippen molar-refractivity contribution in [3.05, 3.63) is 47.8 Å². The summed E-state index contributed by atoms with van der Waals surface area (Å²) in [4.78, 5) is 18.9. The highest BCUT2D eigenvalue weighted by atomic mass is 32.2. The Morgan fingerprint density at radius 3 is 2.05 bits per heavy atom. The van der Waals surface area contributed by atoms with Crippen molar-refractivity contribution in [3.63, 3.8) is 0 Å². The summed E-state index contributed by atoms with van der Waals surface area (Å²) >= 11 is 1.13. The van der Waals surface area contributed by atoms with Gasteiger partial charge < -0.3 is 0 Å². The Bertz CT molecular complexity index is 609. The number of carbonyl (C=O) groups is 1. The average Bonchev–Trinajstić information content (AvgIpc) is 2.39. The molecule has 0 aliphatic carbocycles. The molecule has 7 heteroatoms. The molecule has 0 N–H and O–H groups in total. The standard InChI is InChI=1S/C13H9F3N2OS/c1-8(19)9-2-4-11(17-6-9)20-12-5-3-10(7-18-12)13(14,15)16/h2-7H,1H3. The number of aromatic nitrogens is 2. The number of pyridine rings is 2. The van der Waals surface area contributed by atoms with Crippen LogP contribution in [0.25, 0.3) is 0 Å². The van der Waals surface area contributed by atoms with E-state index >= 15 is 0 Å². The molecule has 0 aliphatic heterocycles. The van der Waals surface area contributed by atoms with Gasteiger partial charge in [-0.25, -0.2) is 9.97 Å². The van der Waals surface area contributed by atoms with Crippen molar-refractivity contribution in [1.29, 1.82) is 0 Å². The summed E-state index contributed by atoms with van der Waals surface area (Å²) in [6, 6.07) is 5.50. The first-order valence-corrected chi connectivity index (χ1v) is 6.36. The van der Waals surface area contributed by atoms with Crippen molar-refractivity contribution < 1.29 is 18.0 Å². The van der Waals surface area contributed by atoms with E-state index in [0.717, 1.165) is 24.0 Å². The van der Waals surface area contributed by atoms with E-state index < -0.39 is 11.7 Å². The summed E-state index contributed by atoms with van der Waals surface area (Å²) in [6.07, 6.45) is -2.18. The van der Waals surface area contributed by atoms with Crippen molar-refractivity contribution in [2.75, 3.05) is 0 Å². The van der Waals surface area contributed by atoms with Crippen LogP contribution < -0.4 is 0 Å². The van der Waals surface area contributed by atoms with Gasteiger partial charge in [0.15, 0.2) is 5.78 Å². The van der Waals surface area contributed by atoms with Crippen LogP contribution in [-0.2, 0) is 6.18 Å². The van der Waals surface area contributed by atoms with E-state index in [4.69, 9.17) is 0 Å². The number of Topliss-reactive ketones (excluding diaryl/α,β-unsaturated/α-hetero) is 1. The van der Waals surface area contributed by atoms with Crippen molar-refractivity contribution in [2.45, 2.75) is 23.2 Å². The van der Waals surface area contributed by atoms with Crippen LogP contribution in [0, 0.1) is 0 Å². The van der Waals surface area contributed by atoms with E-state index in [1.165, 1.54) is 19.2 Å². The molecule has 0 unspecified atom stereocenters. The Balaban J connectivity index is 2.12. The normalized spacial score (nSPS) is 11.4. The molecule has 2 aromatic rings. The number of hydrogen-bond donors (Lipinski definition) is 0. The highest BCUT2D eigenvalue weighted by molar-refractivity contribution is 7.99. The Kier molecular flexibility index (Phi) is 4.08. The summed E-state index contributed by atoms with van der Waals surface area (Å²) in [5.74, 6) is -0.0956. The zero-order valence-electron chi connectivity index (χ0n) is 10.3. The summed E-state index contributed by atoms with van der Waals surface area (Å²) < 4.78 is 37.1. The second-order valence-corrected chi connectivity index (χ2v) is 4.97. The minimum absolute atomic E-state index is 0.0956. The van der Waals surface area contributed by atoms with Gasteiger partial charge in [0.25, 0.3) is 0 Å². The van der Waals surface area contributed by atoms with E-state index in [9.17, 15) is 18.0 Å². The van der Waals surface area contributed by atoms with E-state index in [2.05, 4.69) is 9.97 Å². The highest BCUT2D eigenvalue weighted by Gasteiger charge is 2.30. The third kappa shape index (κ3) is 3.57. The minimum atomic E-state index is -4.39. The molecule has 0 atom stereocenters. The molecule has 0 radical (unpaired) electrons. The van der Waals surface area contributed by atoms with Crippen LogP contribution in [0.3, 0.4) is 0 Å². The first kappa shape index (κ1) is 14.5. The SMILES string of the molecule is CC(=O)c1ccc(Sc2ccc(C(F)(F)F)cn2)nc1. The van der Waals surface area contributed by atoms with Crippen LogP contribution in [0.4, 0.5) is 13.2 Å². The van der Waals surface area contributed by atoms with Crippen LogP contribution in [-0.4, -0.2) is 15.8 Å². The van der Waals surface area contributed by atoms with Gasteiger partial charge in [0.05, 0.1) is 5.56 Å². The van der Waals surface area contributed by atoms with Gasteiger partial charge in [-0.2, -0.15) is 13.2 Å². The number of nitrogens with zero attached hydrogens (tertiary/aromatic N) is 2. The Labute approximate surface area is 117 Å². The Hall–Kier alpha value is -1.89. The molecule has 0 aromatic carbocycles. The maximum absolute atomic E-state index is 12.4. The third-order valence-corrected chi connectivity index (χ3v) is 3.32. The van der Waals surface area contributed by atoms with E-state index in [1.54, 1.807) is 12.1 Å². The fraction of sp³-hybridized carbons (Fsp3) is 0.154. The van der Waals surface area contributed by atoms with Gasteiger partial charge in [-0.15, -0.1) is 0 Å². The van der Waals surface area contributed by atoms with E-state index in [-0.39, 0.29) is 5.78 Å². The molecule has 0 aliphatic rings. The highest BCUT2D eigenvalue weighted by Crippen LogP contribution is 2.30. The summed E-state index contributed by atoms with van der Waals surface area (Å²) in [5, 5.41) is 0.961. The summed E-state index contributed by atoms with van der Waals surface area (Å²) in [6.45, 7) is 1.43. The van der Waals surface area contributed by atoms with Gasteiger partial charge >= 0.3 is 6.18 Å². The maximum atomic E-state index is 12.4. The lowest BCUT2D eigenvalue weighted by molar-refractivity contribution is -0.137. The van der Waals surface area contributed by atoms with Crippen LogP contribution in [0.15, 0.2) is 46.7 Å². The van der Waals surface area contributed by atoms with Gasteiger partial charge in [-0.05, 0) is 31.2 Å². The van der Waals surface area contributed by atoms with E-state index in [0.29, 0.717) is 15.6 Å². The van der Waals surface area contributed by atoms with Crippen molar-refractivity contribution in [1.82, 2.24) is 9.97 Å². The molecule has 0 saturated heterocycles. The number of carbonyl (C=O) groups excluding carboxylic acids is 1. The van der Waals surface area contributed by atoms with Gasteiger partial charge in [0, 0.05) is 18.0 Å². The second-order valence-electron chi connectivity index (χ2n) is 3.93. The quantitative estimate of drug-likeness (QED) is 0.807. The lowest BCUT2D eigenvalue weighted by Gasteiger charge is -2.06. The smallest absolute Gasteiger partial charge is 0.294 e. The van der Waals surface area contributed by atoms with Gasteiger partial charge in [-0.3, -0.25) is 4.79 Å². The predicted molar refractivity (Wildman–Crippen MR) is 67.6 cm³/mol. The monoisotopic (exact) mass is 298 g/mol. The molecule has 0 bridgehead atoms. The molecule has 104 valence electrons. The van der Waals surface area contributed by atoms with Gasteiger partial charge in [0.1, 0.15) is 10.1 Å². The van der Waals surface area contributed by atoms with Crippen LogP contribution in [0.5, 0.6) is 0 Å². The fourth-order valence-corrected chi connectivity index (χ4v) is 2.06. The second kappa shape index (κ2) is 5.62. The number of alkyl halides is 3. The van der Waals surface area contributed by atoms with Crippen LogP contribution in [0.1, 0.15) is 22.8 Å². The summed E-state index contributed by atoms with van der Waals surface area (Å²) in [7, 11) is 0. The molecule has 2 aromatic heterocycles. The van der Waals surface area contributed by atoms with Crippen molar-refractivity contribution in [3.8, 4) is 0 Å². The van der Waals surface area contributed by atoms with E-state index in [1.807, 2.05) is 0 Å². The molecular weight excluding hydrogens is 289 g/mol. The molecule has 3 nitrogen and oxygen atoms in total. The largest absolute Gasteiger partial charge is 0.417 e. The number of halogens is 3. The third-order valence-electron chi connectivity index (χ3n) is 2.42. The molecule has 0 spiro atoms. The zero-order valence-corrected chi connectivity index (χ0v) is 11.1. The molecular formula is C13H9F3N2OS. The molecule has 2 heterocycles. The lowest BCUT2D eigenvalue weighted by Crippen LogP contribution is -2.05. The maximum Gasteiger partial charge on any atom is 0.417 e. The van der Waals surface area contributed by atoms with Crippen molar-refractivity contribution in [2.24, 2.45) is 0 Å². The first-order valence-electron chi connectivity index (χ1n) is 5.54. The summed E-state index contributed by atoms with van der Waals surface area (Å²) in [5.41, 5.74) is -0.309. The number of ketones is 1. The number of rotatable bonds is 3. The molecule has 20 heavy (non-hydrogen) atoms. The molecule has 0 fully saturated rings. The Morgan fingerprint density at radius 2 is 1.65 bits per heavy atom. The number of hydrogen-bond acceptors (Lipinski definition) is 4.